The predicted octanol–water partition coefficient (Wildman–Crippen LogP) is 3.71. The summed E-state index contributed by atoms with van der Waals surface area (Å²) < 4.78 is 2.15. The number of aryl methyl sites for hydroxylation is 1. The van der Waals surface area contributed by atoms with Gasteiger partial charge >= 0.3 is 0 Å². The van der Waals surface area contributed by atoms with Crippen molar-refractivity contribution in [2.24, 2.45) is 0 Å². The second-order valence-electron chi connectivity index (χ2n) is 4.49. The van der Waals surface area contributed by atoms with Crippen LogP contribution in [0.1, 0.15) is 18.3 Å². The molecule has 0 radical (unpaired) electrons. The van der Waals surface area contributed by atoms with Gasteiger partial charge in [0.25, 0.3) is 0 Å². The normalized spacial score (nSPS) is 12.4. The number of aromatic amines is 1. The van der Waals surface area contributed by atoms with Crippen LogP contribution >= 0.6 is 0 Å². The zero-order valence-corrected chi connectivity index (χ0v) is 10.6. The summed E-state index contributed by atoms with van der Waals surface area (Å²) in [4.78, 5) is 7.90. The molecule has 1 aromatic carbocycles. The highest BCUT2D eigenvalue weighted by atomic mass is 15.1. The SMILES string of the molecule is C=C/C(C)=C\c1c(C)[nH]c2nc3ccccc3n12. The van der Waals surface area contributed by atoms with Crippen LogP contribution in [0.5, 0.6) is 0 Å². The number of nitrogens with one attached hydrogen (secondary N) is 1. The first kappa shape index (κ1) is 10.8. The van der Waals surface area contributed by atoms with Gasteiger partial charge in [0.1, 0.15) is 0 Å². The Hall–Kier alpha value is -2.29. The van der Waals surface area contributed by atoms with Crippen LogP contribution in [0.15, 0.2) is 42.5 Å². The molecule has 0 aliphatic carbocycles. The summed E-state index contributed by atoms with van der Waals surface area (Å²) in [5.74, 6) is 0.886. The number of aromatic nitrogens is 3. The number of rotatable bonds is 2. The van der Waals surface area contributed by atoms with E-state index in [-0.39, 0.29) is 0 Å². The Bertz CT molecular complexity index is 772. The van der Waals surface area contributed by atoms with Crippen LogP contribution in [0.4, 0.5) is 0 Å². The number of benzene rings is 1. The van der Waals surface area contributed by atoms with E-state index < -0.39 is 0 Å². The van der Waals surface area contributed by atoms with Crippen LogP contribution in [0.2, 0.25) is 0 Å². The number of nitrogens with zero attached hydrogens (tertiary/aromatic N) is 2. The van der Waals surface area contributed by atoms with Gasteiger partial charge in [-0.05, 0) is 37.6 Å². The van der Waals surface area contributed by atoms with Gasteiger partial charge in [-0.1, -0.05) is 24.8 Å². The summed E-state index contributed by atoms with van der Waals surface area (Å²) in [7, 11) is 0. The molecule has 0 unspecified atom stereocenters. The van der Waals surface area contributed by atoms with Crippen molar-refractivity contribution in [3.05, 3.63) is 53.9 Å². The Labute approximate surface area is 105 Å². The maximum Gasteiger partial charge on any atom is 0.213 e. The summed E-state index contributed by atoms with van der Waals surface area (Å²) in [6.45, 7) is 7.90. The van der Waals surface area contributed by atoms with E-state index in [2.05, 4.69) is 40.0 Å². The molecule has 0 saturated carbocycles. The molecule has 0 saturated heterocycles. The summed E-state index contributed by atoms with van der Waals surface area (Å²) >= 11 is 0. The molecular formula is C15H15N3. The molecule has 3 rings (SSSR count). The van der Waals surface area contributed by atoms with Gasteiger partial charge in [0.2, 0.25) is 5.78 Å². The zero-order valence-electron chi connectivity index (χ0n) is 10.6. The molecule has 3 nitrogen and oxygen atoms in total. The summed E-state index contributed by atoms with van der Waals surface area (Å²) in [6, 6.07) is 8.15. The molecule has 2 aromatic heterocycles. The smallest absolute Gasteiger partial charge is 0.213 e. The van der Waals surface area contributed by atoms with E-state index in [4.69, 9.17) is 0 Å². The first-order valence-electron chi connectivity index (χ1n) is 5.97. The van der Waals surface area contributed by atoms with Gasteiger partial charge in [-0.3, -0.25) is 4.40 Å². The number of hydrogen-bond acceptors (Lipinski definition) is 1. The van der Waals surface area contributed by atoms with Crippen LogP contribution in [-0.4, -0.2) is 14.4 Å². The van der Waals surface area contributed by atoms with E-state index in [1.165, 1.54) is 0 Å². The highest BCUT2D eigenvalue weighted by molar-refractivity contribution is 5.81. The lowest BCUT2D eigenvalue weighted by Gasteiger charge is -1.98. The lowest BCUT2D eigenvalue weighted by molar-refractivity contribution is 1.22. The van der Waals surface area contributed by atoms with Crippen molar-refractivity contribution in [3.63, 3.8) is 0 Å². The van der Waals surface area contributed by atoms with Gasteiger partial charge in [-0.25, -0.2) is 4.98 Å². The van der Waals surface area contributed by atoms with Crippen LogP contribution in [0, 0.1) is 6.92 Å². The summed E-state index contributed by atoms with van der Waals surface area (Å²) in [6.07, 6.45) is 3.98. The molecule has 0 bridgehead atoms. The molecule has 0 fully saturated rings. The number of imidazole rings is 2. The van der Waals surface area contributed by atoms with E-state index >= 15 is 0 Å². The van der Waals surface area contributed by atoms with E-state index in [0.717, 1.165) is 33.8 Å². The van der Waals surface area contributed by atoms with Crippen LogP contribution in [0.25, 0.3) is 22.9 Å². The Morgan fingerprint density at radius 3 is 2.94 bits per heavy atom. The zero-order chi connectivity index (χ0) is 12.7. The minimum Gasteiger partial charge on any atom is -0.327 e. The standard InChI is InChI=1S/C15H15N3/c1-4-10(2)9-14-11(3)16-15-17-12-7-5-6-8-13(12)18(14)15/h4-9H,1H2,2-3H3,(H,16,17)/b10-9-. The first-order chi connectivity index (χ1) is 8.70. The Morgan fingerprint density at radius 2 is 2.17 bits per heavy atom. The Kier molecular flexibility index (Phi) is 2.33. The van der Waals surface area contributed by atoms with Gasteiger partial charge in [0, 0.05) is 5.69 Å². The monoisotopic (exact) mass is 237 g/mol. The molecule has 1 N–H and O–H groups in total. The van der Waals surface area contributed by atoms with Gasteiger partial charge in [-0.15, -0.1) is 0 Å². The third-order valence-electron chi connectivity index (χ3n) is 3.17. The molecule has 0 aliphatic heterocycles. The number of H-pyrrole nitrogens is 1. The van der Waals surface area contributed by atoms with Crippen LogP contribution < -0.4 is 0 Å². The van der Waals surface area contributed by atoms with Crippen molar-refractivity contribution >= 4 is 22.9 Å². The lowest BCUT2D eigenvalue weighted by Crippen LogP contribution is -1.86. The number of hydrogen-bond donors (Lipinski definition) is 1. The molecule has 0 spiro atoms. The molecular weight excluding hydrogens is 222 g/mol. The second-order valence-corrected chi connectivity index (χ2v) is 4.49. The van der Waals surface area contributed by atoms with Gasteiger partial charge in [0.05, 0.1) is 16.7 Å². The van der Waals surface area contributed by atoms with E-state index in [9.17, 15) is 0 Å². The third kappa shape index (κ3) is 1.48. The maximum atomic E-state index is 4.58. The second kappa shape index (κ2) is 3.88. The lowest BCUT2D eigenvalue weighted by atomic mass is 10.2. The highest BCUT2D eigenvalue weighted by Gasteiger charge is 2.11. The van der Waals surface area contributed by atoms with E-state index in [1.807, 2.05) is 31.2 Å². The average molecular weight is 237 g/mol. The predicted molar refractivity (Wildman–Crippen MR) is 75.6 cm³/mol. The molecule has 18 heavy (non-hydrogen) atoms. The number of para-hydroxylation sites is 2. The Balaban J connectivity index is 2.42. The molecule has 2 heterocycles. The van der Waals surface area contributed by atoms with E-state index in [1.54, 1.807) is 0 Å². The fourth-order valence-electron chi connectivity index (χ4n) is 2.20. The molecule has 3 heteroatoms. The topological polar surface area (TPSA) is 33.1 Å². The fourth-order valence-corrected chi connectivity index (χ4v) is 2.20. The van der Waals surface area contributed by atoms with Gasteiger partial charge < -0.3 is 4.98 Å². The van der Waals surface area contributed by atoms with Crippen molar-refractivity contribution < 1.29 is 0 Å². The maximum absolute atomic E-state index is 4.58. The molecule has 0 amide bonds. The Morgan fingerprint density at radius 1 is 1.39 bits per heavy atom. The van der Waals surface area contributed by atoms with Crippen LogP contribution in [-0.2, 0) is 0 Å². The molecule has 0 atom stereocenters. The molecule has 90 valence electrons. The van der Waals surface area contributed by atoms with Crippen molar-refractivity contribution in [3.8, 4) is 0 Å². The summed E-state index contributed by atoms with van der Waals surface area (Å²) in [5, 5.41) is 0. The largest absolute Gasteiger partial charge is 0.327 e. The fraction of sp³-hybridized carbons (Fsp3) is 0.133. The van der Waals surface area contributed by atoms with Crippen molar-refractivity contribution in [2.45, 2.75) is 13.8 Å². The molecule has 3 aromatic rings. The molecule has 0 aliphatic rings. The van der Waals surface area contributed by atoms with Crippen molar-refractivity contribution in [1.82, 2.24) is 14.4 Å². The quantitative estimate of drug-likeness (QED) is 0.677. The van der Waals surface area contributed by atoms with Crippen molar-refractivity contribution in [2.75, 3.05) is 0 Å². The number of allylic oxidation sites excluding steroid dienone is 2. The van der Waals surface area contributed by atoms with Gasteiger partial charge in [-0.2, -0.15) is 0 Å². The minimum atomic E-state index is 0.886. The minimum absolute atomic E-state index is 0.886. The third-order valence-corrected chi connectivity index (χ3v) is 3.17. The van der Waals surface area contributed by atoms with Crippen LogP contribution in [0.3, 0.4) is 0 Å². The first-order valence-corrected chi connectivity index (χ1v) is 5.97. The van der Waals surface area contributed by atoms with Crippen molar-refractivity contribution in [1.29, 1.82) is 0 Å². The van der Waals surface area contributed by atoms with Gasteiger partial charge in [0.15, 0.2) is 0 Å². The van der Waals surface area contributed by atoms with E-state index in [0.29, 0.717) is 0 Å². The summed E-state index contributed by atoms with van der Waals surface area (Å²) in [5.41, 5.74) is 5.52. The average Bonchev–Trinajstić information content (AvgIpc) is 2.86. The number of fused-ring (bicyclic) bond motifs is 3. The highest BCUT2D eigenvalue weighted by Crippen LogP contribution is 2.22.